The number of carbonyl (C=O) groups is 2. The number of hydrogen-bond donors (Lipinski definition) is 2. The summed E-state index contributed by atoms with van der Waals surface area (Å²) in [4.78, 5) is 35.2. The van der Waals surface area contributed by atoms with Gasteiger partial charge in [-0.2, -0.15) is 0 Å². The molecule has 4 rings (SSSR count). The molecule has 11 heteroatoms. The smallest absolute Gasteiger partial charge is 0.309 e. The lowest BCUT2D eigenvalue weighted by Gasteiger charge is -2.11. The Morgan fingerprint density at radius 3 is 2.44 bits per heavy atom. The van der Waals surface area contributed by atoms with Gasteiger partial charge in [0.05, 0.1) is 22.3 Å². The second-order valence-corrected chi connectivity index (χ2v) is 11.8. The summed E-state index contributed by atoms with van der Waals surface area (Å²) in [7, 11) is -3.35. The molecule has 34 heavy (non-hydrogen) atoms. The van der Waals surface area contributed by atoms with Gasteiger partial charge in [-0.25, -0.2) is 13.4 Å². The van der Waals surface area contributed by atoms with Crippen LogP contribution in [0, 0.1) is 0 Å². The highest BCUT2D eigenvalue weighted by Crippen LogP contribution is 2.33. The maximum absolute atomic E-state index is 13.2. The van der Waals surface area contributed by atoms with Gasteiger partial charge in [0.1, 0.15) is 6.10 Å². The van der Waals surface area contributed by atoms with Crippen molar-refractivity contribution in [3.05, 3.63) is 40.4 Å². The van der Waals surface area contributed by atoms with Crippen LogP contribution in [0.15, 0.2) is 34.3 Å². The summed E-state index contributed by atoms with van der Waals surface area (Å²) in [5.41, 5.74) is 0.851. The molecule has 1 aromatic carbocycles. The fourth-order valence-electron chi connectivity index (χ4n) is 3.87. The van der Waals surface area contributed by atoms with Gasteiger partial charge in [0.2, 0.25) is 0 Å². The van der Waals surface area contributed by atoms with E-state index >= 15 is 0 Å². The van der Waals surface area contributed by atoms with E-state index in [1.54, 1.807) is 12.1 Å². The van der Waals surface area contributed by atoms with E-state index in [0.29, 0.717) is 30.5 Å². The maximum atomic E-state index is 13.2. The third-order valence-corrected chi connectivity index (χ3v) is 9.30. The van der Waals surface area contributed by atoms with Crippen LogP contribution >= 0.6 is 11.3 Å². The lowest BCUT2D eigenvalue weighted by molar-refractivity contribution is -0.136. The van der Waals surface area contributed by atoms with Gasteiger partial charge in [0.25, 0.3) is 5.91 Å². The Kier molecular flexibility index (Phi) is 7.32. The molecule has 0 atom stereocenters. The van der Waals surface area contributed by atoms with Crippen LogP contribution in [0.4, 0.5) is 5.13 Å². The Morgan fingerprint density at radius 1 is 1.18 bits per heavy atom. The van der Waals surface area contributed by atoms with Crippen LogP contribution in [-0.2, 0) is 37.1 Å². The van der Waals surface area contributed by atoms with E-state index in [9.17, 15) is 18.0 Å². The minimum atomic E-state index is -3.35. The molecule has 1 aromatic heterocycles. The quantitative estimate of drug-likeness (QED) is 0.372. The van der Waals surface area contributed by atoms with E-state index in [2.05, 4.69) is 15.5 Å². The number of nitrogens with zero attached hydrogens (tertiary/aromatic N) is 2. The van der Waals surface area contributed by atoms with Gasteiger partial charge in [-0.1, -0.05) is 24.2 Å². The fourth-order valence-corrected chi connectivity index (χ4v) is 6.44. The molecule has 0 saturated heterocycles. The Hall–Kier alpha value is -2.79. The van der Waals surface area contributed by atoms with Crippen molar-refractivity contribution in [1.29, 1.82) is 0 Å². The first-order valence-electron chi connectivity index (χ1n) is 11.4. The van der Waals surface area contributed by atoms with Crippen molar-refractivity contribution < 1.29 is 28.0 Å². The highest BCUT2D eigenvalue weighted by atomic mass is 32.2. The molecular formula is C23H27N3O6S2. The number of carboxylic acids is 1. The molecule has 2 aliphatic rings. The summed E-state index contributed by atoms with van der Waals surface area (Å²) in [6.45, 7) is 1.89. The van der Waals surface area contributed by atoms with E-state index in [0.717, 1.165) is 30.6 Å². The van der Waals surface area contributed by atoms with Crippen LogP contribution in [0.1, 0.15) is 61.6 Å². The lowest BCUT2D eigenvalue weighted by Crippen LogP contribution is -2.25. The summed E-state index contributed by atoms with van der Waals surface area (Å²) < 4.78 is 25.0. The van der Waals surface area contributed by atoms with Crippen molar-refractivity contribution in [2.75, 3.05) is 5.32 Å². The second-order valence-electron chi connectivity index (χ2n) is 8.49. The van der Waals surface area contributed by atoms with Crippen LogP contribution in [0.5, 0.6) is 0 Å². The number of aryl methyl sites for hydroxylation is 1. The molecule has 0 radical (unpaired) electrons. The highest BCUT2D eigenvalue weighted by Gasteiger charge is 2.36. The largest absolute Gasteiger partial charge is 0.481 e. The minimum Gasteiger partial charge on any atom is -0.481 e. The molecule has 0 aliphatic heterocycles. The van der Waals surface area contributed by atoms with E-state index in [1.807, 2.05) is 6.92 Å². The van der Waals surface area contributed by atoms with E-state index in [1.165, 1.54) is 23.5 Å². The number of sulfone groups is 1. The molecule has 2 fully saturated rings. The number of carbonyl (C=O) groups excluding carboxylic acids is 1. The summed E-state index contributed by atoms with van der Waals surface area (Å²) in [6.07, 6.45) is 5.46. The highest BCUT2D eigenvalue weighted by molar-refractivity contribution is 7.92. The number of hydrogen-bond acceptors (Lipinski definition) is 8. The molecule has 2 N–H and O–H groups in total. The number of thiazole rings is 1. The SMILES string of the molecule is CCc1sc(NC(=O)C(=NOC2CCCC2)c2ccc(S(=O)(=O)C3CC3)cc2)nc1CC(=O)O. The summed E-state index contributed by atoms with van der Waals surface area (Å²) in [6, 6.07) is 6.09. The van der Waals surface area contributed by atoms with Crippen LogP contribution in [0.3, 0.4) is 0 Å². The number of nitrogens with one attached hydrogen (secondary N) is 1. The zero-order valence-electron chi connectivity index (χ0n) is 18.8. The number of rotatable bonds is 10. The average Bonchev–Trinajstić information content (AvgIpc) is 3.42. The number of aliphatic carboxylic acids is 1. The van der Waals surface area contributed by atoms with Crippen molar-refractivity contribution in [3.8, 4) is 0 Å². The molecule has 2 aliphatic carbocycles. The molecule has 9 nitrogen and oxygen atoms in total. The second kappa shape index (κ2) is 10.2. The molecule has 0 unspecified atom stereocenters. The summed E-state index contributed by atoms with van der Waals surface area (Å²) in [5, 5.41) is 15.9. The molecule has 182 valence electrons. The van der Waals surface area contributed by atoms with Gasteiger partial charge < -0.3 is 9.94 Å². The van der Waals surface area contributed by atoms with Crippen LogP contribution < -0.4 is 5.32 Å². The van der Waals surface area contributed by atoms with Gasteiger partial charge in [-0.3, -0.25) is 14.9 Å². The first-order valence-corrected chi connectivity index (χ1v) is 13.7. The topological polar surface area (TPSA) is 135 Å². The monoisotopic (exact) mass is 505 g/mol. The van der Waals surface area contributed by atoms with Crippen LogP contribution in [0.25, 0.3) is 0 Å². The van der Waals surface area contributed by atoms with E-state index < -0.39 is 21.7 Å². The number of aromatic nitrogens is 1. The molecule has 1 amide bonds. The maximum Gasteiger partial charge on any atom is 0.309 e. The third kappa shape index (κ3) is 5.64. The van der Waals surface area contributed by atoms with Crippen molar-refractivity contribution in [1.82, 2.24) is 4.98 Å². The Morgan fingerprint density at radius 2 is 1.85 bits per heavy atom. The number of oxime groups is 1. The predicted octanol–water partition coefficient (Wildman–Crippen LogP) is 3.57. The van der Waals surface area contributed by atoms with E-state index in [-0.39, 0.29) is 33.5 Å². The van der Waals surface area contributed by atoms with Crippen LogP contribution in [-0.4, -0.2) is 47.5 Å². The zero-order valence-corrected chi connectivity index (χ0v) is 20.5. The number of amides is 1. The lowest BCUT2D eigenvalue weighted by atomic mass is 10.1. The minimum absolute atomic E-state index is 0.00954. The number of anilines is 1. The predicted molar refractivity (Wildman–Crippen MR) is 128 cm³/mol. The van der Waals surface area contributed by atoms with Gasteiger partial charge >= 0.3 is 5.97 Å². The van der Waals surface area contributed by atoms with Gasteiger partial charge in [0, 0.05) is 10.4 Å². The standard InChI is InChI=1S/C23H27N3O6S2/c1-2-19-18(13-20(27)28)24-23(33-19)25-22(29)21(26-32-15-5-3-4-6-15)14-7-9-16(10-8-14)34(30,31)17-11-12-17/h7-10,15,17H,2-6,11-13H2,1H3,(H,27,28)(H,24,25,29). The molecule has 1 heterocycles. The number of benzene rings is 1. The van der Waals surface area contributed by atoms with Gasteiger partial charge in [0.15, 0.2) is 20.7 Å². The van der Waals surface area contributed by atoms with E-state index in [4.69, 9.17) is 9.94 Å². The van der Waals surface area contributed by atoms with Gasteiger partial charge in [-0.15, -0.1) is 11.3 Å². The average molecular weight is 506 g/mol. The molecule has 0 bridgehead atoms. The summed E-state index contributed by atoms with van der Waals surface area (Å²) in [5.74, 6) is -1.56. The first-order chi connectivity index (χ1) is 16.3. The third-order valence-electron chi connectivity index (χ3n) is 5.87. The fraction of sp³-hybridized carbons (Fsp3) is 0.478. The number of carboxylic acid groups (broad SMARTS) is 1. The van der Waals surface area contributed by atoms with Crippen molar-refractivity contribution in [3.63, 3.8) is 0 Å². The Bertz CT molecular complexity index is 1190. The van der Waals surface area contributed by atoms with Crippen molar-refractivity contribution >= 4 is 43.9 Å². The van der Waals surface area contributed by atoms with Crippen molar-refractivity contribution in [2.45, 2.75) is 74.5 Å². The summed E-state index contributed by atoms with van der Waals surface area (Å²) >= 11 is 1.22. The molecule has 0 spiro atoms. The zero-order chi connectivity index (χ0) is 24.3. The van der Waals surface area contributed by atoms with Crippen LogP contribution in [0.2, 0.25) is 0 Å². The Balaban J connectivity index is 1.58. The molecule has 2 saturated carbocycles. The molecular weight excluding hydrogens is 478 g/mol. The van der Waals surface area contributed by atoms with Crippen molar-refractivity contribution in [2.24, 2.45) is 5.16 Å². The molecule has 2 aromatic rings. The van der Waals surface area contributed by atoms with Gasteiger partial charge in [-0.05, 0) is 57.1 Å². The normalized spacial score (nSPS) is 17.0. The first kappa shape index (κ1) is 24.3. The Labute approximate surface area is 202 Å².